The summed E-state index contributed by atoms with van der Waals surface area (Å²) < 4.78 is 5.24. The number of benzene rings is 1. The van der Waals surface area contributed by atoms with Crippen LogP contribution in [0.4, 0.5) is 5.69 Å². The van der Waals surface area contributed by atoms with Crippen LogP contribution >= 0.6 is 0 Å². The molecule has 0 aliphatic carbocycles. The number of ether oxygens (including phenoxy) is 1. The van der Waals surface area contributed by atoms with Gasteiger partial charge in [-0.25, -0.2) is 0 Å². The van der Waals surface area contributed by atoms with Crippen LogP contribution in [0.15, 0.2) is 24.3 Å². The SMILES string of the molecule is CCCOCC(=O)N(CCC(=O)O)c1ccc(C)cc1. The van der Waals surface area contributed by atoms with E-state index < -0.39 is 5.97 Å². The third-order valence-electron chi connectivity index (χ3n) is 2.77. The van der Waals surface area contributed by atoms with Gasteiger partial charge >= 0.3 is 5.97 Å². The van der Waals surface area contributed by atoms with Crippen LogP contribution in [0.3, 0.4) is 0 Å². The molecule has 0 radical (unpaired) electrons. The zero-order valence-electron chi connectivity index (χ0n) is 12.0. The van der Waals surface area contributed by atoms with Gasteiger partial charge < -0.3 is 14.7 Å². The minimum Gasteiger partial charge on any atom is -0.481 e. The van der Waals surface area contributed by atoms with Crippen molar-refractivity contribution < 1.29 is 19.4 Å². The molecule has 1 N–H and O–H groups in total. The Bertz CT molecular complexity index is 442. The highest BCUT2D eigenvalue weighted by Crippen LogP contribution is 2.16. The normalized spacial score (nSPS) is 10.3. The predicted molar refractivity (Wildman–Crippen MR) is 76.9 cm³/mol. The number of hydrogen-bond acceptors (Lipinski definition) is 3. The molecule has 0 spiro atoms. The van der Waals surface area contributed by atoms with Gasteiger partial charge in [0.25, 0.3) is 5.91 Å². The number of amides is 1. The van der Waals surface area contributed by atoms with Gasteiger partial charge in [0, 0.05) is 18.8 Å². The average Bonchev–Trinajstić information content (AvgIpc) is 2.41. The molecule has 0 aliphatic heterocycles. The Hall–Kier alpha value is -1.88. The summed E-state index contributed by atoms with van der Waals surface area (Å²) in [6, 6.07) is 7.41. The topological polar surface area (TPSA) is 66.8 Å². The molecule has 1 aromatic rings. The Labute approximate surface area is 119 Å². The maximum Gasteiger partial charge on any atom is 0.305 e. The van der Waals surface area contributed by atoms with Crippen molar-refractivity contribution in [3.63, 3.8) is 0 Å². The lowest BCUT2D eigenvalue weighted by atomic mass is 10.2. The van der Waals surface area contributed by atoms with E-state index in [9.17, 15) is 9.59 Å². The first-order valence-corrected chi connectivity index (χ1v) is 6.71. The molecule has 1 amide bonds. The molecule has 1 rings (SSSR count). The van der Waals surface area contributed by atoms with E-state index in [4.69, 9.17) is 9.84 Å². The maximum atomic E-state index is 12.1. The number of rotatable bonds is 8. The summed E-state index contributed by atoms with van der Waals surface area (Å²) in [5, 5.41) is 8.78. The van der Waals surface area contributed by atoms with Crippen molar-refractivity contribution in [1.29, 1.82) is 0 Å². The number of aliphatic carboxylic acids is 1. The summed E-state index contributed by atoms with van der Waals surface area (Å²) in [5.74, 6) is -1.15. The first-order chi connectivity index (χ1) is 9.54. The van der Waals surface area contributed by atoms with Crippen molar-refractivity contribution >= 4 is 17.6 Å². The number of hydrogen-bond donors (Lipinski definition) is 1. The second-order valence-corrected chi connectivity index (χ2v) is 4.58. The summed E-state index contributed by atoms with van der Waals surface area (Å²) in [4.78, 5) is 24.3. The van der Waals surface area contributed by atoms with E-state index in [0.29, 0.717) is 12.3 Å². The van der Waals surface area contributed by atoms with Crippen molar-refractivity contribution in [2.75, 3.05) is 24.7 Å². The molecule has 5 heteroatoms. The van der Waals surface area contributed by atoms with Gasteiger partial charge in [-0.2, -0.15) is 0 Å². The van der Waals surface area contributed by atoms with Crippen LogP contribution in [0.1, 0.15) is 25.3 Å². The van der Waals surface area contributed by atoms with E-state index >= 15 is 0 Å². The Kier molecular flexibility index (Phi) is 6.73. The van der Waals surface area contributed by atoms with Gasteiger partial charge in [0.15, 0.2) is 0 Å². The summed E-state index contributed by atoms with van der Waals surface area (Å²) >= 11 is 0. The number of anilines is 1. The molecule has 0 saturated carbocycles. The molecule has 110 valence electrons. The summed E-state index contributed by atoms with van der Waals surface area (Å²) in [6.45, 7) is 4.56. The molecule has 0 aliphatic rings. The van der Waals surface area contributed by atoms with Crippen molar-refractivity contribution in [2.24, 2.45) is 0 Å². The minimum absolute atomic E-state index is 0.0265. The standard InChI is InChI=1S/C15H21NO4/c1-3-10-20-11-14(17)16(9-8-15(18)19)13-6-4-12(2)5-7-13/h4-7H,3,8-11H2,1-2H3,(H,18,19). The molecule has 0 fully saturated rings. The Morgan fingerprint density at radius 3 is 2.45 bits per heavy atom. The molecular weight excluding hydrogens is 258 g/mol. The fourth-order valence-electron chi connectivity index (χ4n) is 1.71. The number of carbonyl (C=O) groups is 2. The van der Waals surface area contributed by atoms with Gasteiger partial charge in [-0.1, -0.05) is 24.6 Å². The minimum atomic E-state index is -0.926. The van der Waals surface area contributed by atoms with Gasteiger partial charge in [0.1, 0.15) is 6.61 Å². The first-order valence-electron chi connectivity index (χ1n) is 6.71. The van der Waals surface area contributed by atoms with E-state index in [-0.39, 0.29) is 25.5 Å². The summed E-state index contributed by atoms with van der Waals surface area (Å²) in [7, 11) is 0. The lowest BCUT2D eigenvalue weighted by molar-refractivity contribution is -0.136. The van der Waals surface area contributed by atoms with Gasteiger partial charge in [-0.05, 0) is 25.5 Å². The van der Waals surface area contributed by atoms with Crippen molar-refractivity contribution in [3.8, 4) is 0 Å². The average molecular weight is 279 g/mol. The van der Waals surface area contributed by atoms with E-state index in [1.807, 2.05) is 38.1 Å². The van der Waals surface area contributed by atoms with Crippen LogP contribution in [0.25, 0.3) is 0 Å². The van der Waals surface area contributed by atoms with Crippen LogP contribution in [0.5, 0.6) is 0 Å². The largest absolute Gasteiger partial charge is 0.481 e. The monoisotopic (exact) mass is 279 g/mol. The molecule has 1 aromatic carbocycles. The predicted octanol–water partition coefficient (Wildman–Crippen LogP) is 2.23. The summed E-state index contributed by atoms with van der Waals surface area (Å²) in [5.41, 5.74) is 1.78. The molecule has 0 atom stereocenters. The quantitative estimate of drug-likeness (QED) is 0.741. The highest BCUT2D eigenvalue weighted by molar-refractivity contribution is 5.94. The third-order valence-corrected chi connectivity index (χ3v) is 2.77. The third kappa shape index (κ3) is 5.40. The lowest BCUT2D eigenvalue weighted by Crippen LogP contribution is -2.36. The number of nitrogens with zero attached hydrogens (tertiary/aromatic N) is 1. The van der Waals surface area contributed by atoms with Crippen molar-refractivity contribution in [3.05, 3.63) is 29.8 Å². The molecule has 0 bridgehead atoms. The highest BCUT2D eigenvalue weighted by Gasteiger charge is 2.16. The van der Waals surface area contributed by atoms with Crippen LogP contribution < -0.4 is 4.90 Å². The molecule has 0 unspecified atom stereocenters. The fourth-order valence-corrected chi connectivity index (χ4v) is 1.71. The maximum absolute atomic E-state index is 12.1. The zero-order chi connectivity index (χ0) is 15.0. The van der Waals surface area contributed by atoms with Crippen molar-refractivity contribution in [2.45, 2.75) is 26.7 Å². The van der Waals surface area contributed by atoms with Gasteiger partial charge in [0.05, 0.1) is 6.42 Å². The Balaban J connectivity index is 2.75. The van der Waals surface area contributed by atoms with Crippen LogP contribution in [0.2, 0.25) is 0 Å². The van der Waals surface area contributed by atoms with Crippen molar-refractivity contribution in [1.82, 2.24) is 0 Å². The van der Waals surface area contributed by atoms with E-state index in [1.165, 1.54) is 4.90 Å². The Morgan fingerprint density at radius 1 is 1.25 bits per heavy atom. The number of carboxylic acid groups (broad SMARTS) is 1. The smallest absolute Gasteiger partial charge is 0.305 e. The number of aryl methyl sites for hydroxylation is 1. The number of carboxylic acids is 1. The second-order valence-electron chi connectivity index (χ2n) is 4.58. The van der Waals surface area contributed by atoms with E-state index in [2.05, 4.69) is 0 Å². The van der Waals surface area contributed by atoms with E-state index in [1.54, 1.807) is 0 Å². The van der Waals surface area contributed by atoms with Crippen LogP contribution in [0, 0.1) is 6.92 Å². The summed E-state index contributed by atoms with van der Waals surface area (Å²) in [6.07, 6.45) is 0.750. The Morgan fingerprint density at radius 2 is 1.90 bits per heavy atom. The zero-order valence-corrected chi connectivity index (χ0v) is 12.0. The second kappa shape index (κ2) is 8.32. The van der Waals surface area contributed by atoms with Crippen LogP contribution in [-0.2, 0) is 14.3 Å². The molecule has 5 nitrogen and oxygen atoms in total. The van der Waals surface area contributed by atoms with Gasteiger partial charge in [-0.15, -0.1) is 0 Å². The van der Waals surface area contributed by atoms with Crippen LogP contribution in [-0.4, -0.2) is 36.7 Å². The first kappa shape index (κ1) is 16.2. The molecule has 20 heavy (non-hydrogen) atoms. The highest BCUT2D eigenvalue weighted by atomic mass is 16.5. The lowest BCUT2D eigenvalue weighted by Gasteiger charge is -2.22. The van der Waals surface area contributed by atoms with E-state index in [0.717, 1.165) is 12.0 Å². The fraction of sp³-hybridized carbons (Fsp3) is 0.467. The van der Waals surface area contributed by atoms with Gasteiger partial charge in [0.2, 0.25) is 0 Å². The molecule has 0 aromatic heterocycles. The number of carbonyl (C=O) groups excluding carboxylic acids is 1. The molecule has 0 heterocycles. The molecular formula is C15H21NO4. The van der Waals surface area contributed by atoms with Gasteiger partial charge in [-0.3, -0.25) is 9.59 Å². The molecule has 0 saturated heterocycles.